The highest BCUT2D eigenvalue weighted by atomic mass is 16.2. The smallest absolute Gasteiger partial charge is 0.253 e. The van der Waals surface area contributed by atoms with Crippen LogP contribution in [0.3, 0.4) is 0 Å². The van der Waals surface area contributed by atoms with Crippen LogP contribution in [-0.4, -0.2) is 43.9 Å². The quantitative estimate of drug-likeness (QED) is 0.888. The van der Waals surface area contributed by atoms with Gasteiger partial charge < -0.3 is 15.1 Å². The van der Waals surface area contributed by atoms with Gasteiger partial charge in [-0.2, -0.15) is 0 Å². The highest BCUT2D eigenvalue weighted by Gasteiger charge is 2.13. The number of amides is 2. The predicted octanol–water partition coefficient (Wildman–Crippen LogP) is 2.85. The van der Waals surface area contributed by atoms with E-state index < -0.39 is 0 Å². The third-order valence-electron chi connectivity index (χ3n) is 3.67. The van der Waals surface area contributed by atoms with Crippen LogP contribution in [0.4, 0.5) is 11.4 Å². The molecule has 0 fully saturated rings. The van der Waals surface area contributed by atoms with E-state index in [9.17, 15) is 9.59 Å². The number of hydrogen-bond acceptors (Lipinski definition) is 3. The Morgan fingerprint density at radius 3 is 2.12 bits per heavy atom. The van der Waals surface area contributed by atoms with Gasteiger partial charge in [-0.25, -0.2) is 0 Å². The molecule has 0 aliphatic heterocycles. The zero-order valence-corrected chi connectivity index (χ0v) is 14.3. The number of anilines is 2. The minimum Gasteiger partial charge on any atom is -0.376 e. The van der Waals surface area contributed by atoms with Gasteiger partial charge in [0.05, 0.1) is 6.54 Å². The summed E-state index contributed by atoms with van der Waals surface area (Å²) in [6.07, 6.45) is 0. The second kappa shape index (κ2) is 8.15. The molecule has 2 rings (SSSR count). The fourth-order valence-corrected chi connectivity index (χ4v) is 2.37. The number of carbonyl (C=O) groups is 2. The van der Waals surface area contributed by atoms with E-state index in [0.29, 0.717) is 12.1 Å². The Balaban J connectivity index is 1.97. The van der Waals surface area contributed by atoms with E-state index in [1.807, 2.05) is 49.4 Å². The molecule has 0 radical (unpaired) electrons. The highest BCUT2D eigenvalue weighted by molar-refractivity contribution is 5.96. The Hall–Kier alpha value is -2.82. The van der Waals surface area contributed by atoms with Crippen LogP contribution in [0.5, 0.6) is 0 Å². The molecule has 5 nitrogen and oxygen atoms in total. The molecule has 1 N–H and O–H groups in total. The number of nitrogens with one attached hydrogen (secondary N) is 1. The van der Waals surface area contributed by atoms with Gasteiger partial charge in [-0.3, -0.25) is 9.59 Å². The summed E-state index contributed by atoms with van der Waals surface area (Å²) in [5.41, 5.74) is 2.32. The van der Waals surface area contributed by atoms with Crippen LogP contribution < -0.4 is 10.2 Å². The summed E-state index contributed by atoms with van der Waals surface area (Å²) in [6.45, 7) is 2.76. The van der Waals surface area contributed by atoms with E-state index in [-0.39, 0.29) is 18.4 Å². The lowest BCUT2D eigenvalue weighted by atomic mass is 10.2. The zero-order valence-electron chi connectivity index (χ0n) is 14.3. The van der Waals surface area contributed by atoms with E-state index in [2.05, 4.69) is 5.32 Å². The lowest BCUT2D eigenvalue weighted by Gasteiger charge is -2.21. The van der Waals surface area contributed by atoms with Gasteiger partial charge in [-0.15, -0.1) is 0 Å². The second-order valence-electron chi connectivity index (χ2n) is 5.60. The first-order valence-electron chi connectivity index (χ1n) is 7.94. The van der Waals surface area contributed by atoms with Crippen molar-refractivity contribution in [1.29, 1.82) is 0 Å². The number of nitrogens with zero attached hydrogens (tertiary/aromatic N) is 2. The SMILES string of the molecule is CCN(C(=O)CNc1ccc(C(=O)N(C)C)cc1)c1ccccc1. The predicted molar refractivity (Wildman–Crippen MR) is 97.4 cm³/mol. The van der Waals surface area contributed by atoms with Gasteiger partial charge >= 0.3 is 0 Å². The molecule has 0 bridgehead atoms. The molecule has 2 aromatic rings. The first-order chi connectivity index (χ1) is 11.5. The summed E-state index contributed by atoms with van der Waals surface area (Å²) in [5, 5.41) is 3.11. The topological polar surface area (TPSA) is 52.7 Å². The van der Waals surface area contributed by atoms with Crippen molar-refractivity contribution in [3.63, 3.8) is 0 Å². The van der Waals surface area contributed by atoms with Gasteiger partial charge in [0.15, 0.2) is 0 Å². The Morgan fingerprint density at radius 2 is 1.58 bits per heavy atom. The number of rotatable bonds is 6. The molecule has 2 aromatic carbocycles. The summed E-state index contributed by atoms with van der Waals surface area (Å²) in [4.78, 5) is 27.5. The maximum absolute atomic E-state index is 12.4. The fourth-order valence-electron chi connectivity index (χ4n) is 2.37. The Labute approximate surface area is 142 Å². The molecule has 0 aliphatic carbocycles. The Morgan fingerprint density at radius 1 is 0.958 bits per heavy atom. The van der Waals surface area contributed by atoms with E-state index in [0.717, 1.165) is 11.4 Å². The van der Waals surface area contributed by atoms with Crippen molar-refractivity contribution < 1.29 is 9.59 Å². The summed E-state index contributed by atoms with van der Waals surface area (Å²) >= 11 is 0. The van der Waals surface area contributed by atoms with Gasteiger partial charge in [-0.05, 0) is 43.3 Å². The number of benzene rings is 2. The third kappa shape index (κ3) is 4.35. The van der Waals surface area contributed by atoms with Crippen LogP contribution in [0, 0.1) is 0 Å². The molecule has 126 valence electrons. The summed E-state index contributed by atoms with van der Waals surface area (Å²) in [5.74, 6) is -0.0454. The van der Waals surface area contributed by atoms with Crippen LogP contribution in [0.2, 0.25) is 0 Å². The molecule has 5 heteroatoms. The first kappa shape index (κ1) is 17.5. The molecule has 0 spiro atoms. The van der Waals surface area contributed by atoms with Crippen LogP contribution in [0.25, 0.3) is 0 Å². The van der Waals surface area contributed by atoms with Crippen LogP contribution in [0.1, 0.15) is 17.3 Å². The van der Waals surface area contributed by atoms with E-state index >= 15 is 0 Å². The van der Waals surface area contributed by atoms with Crippen molar-refractivity contribution in [3.8, 4) is 0 Å². The summed E-state index contributed by atoms with van der Waals surface area (Å²) in [7, 11) is 3.44. The van der Waals surface area contributed by atoms with Gasteiger partial charge in [-0.1, -0.05) is 18.2 Å². The average Bonchev–Trinajstić information content (AvgIpc) is 2.61. The minimum absolute atomic E-state index is 0.00264. The molecule has 0 saturated carbocycles. The summed E-state index contributed by atoms with van der Waals surface area (Å²) < 4.78 is 0. The lowest BCUT2D eigenvalue weighted by Crippen LogP contribution is -2.35. The fraction of sp³-hybridized carbons (Fsp3) is 0.263. The highest BCUT2D eigenvalue weighted by Crippen LogP contribution is 2.14. The van der Waals surface area contributed by atoms with Gasteiger partial charge in [0.2, 0.25) is 5.91 Å². The van der Waals surface area contributed by atoms with E-state index in [1.165, 1.54) is 4.90 Å². The van der Waals surface area contributed by atoms with E-state index in [4.69, 9.17) is 0 Å². The van der Waals surface area contributed by atoms with Crippen LogP contribution in [-0.2, 0) is 4.79 Å². The van der Waals surface area contributed by atoms with Gasteiger partial charge in [0.25, 0.3) is 5.91 Å². The Bertz CT molecular complexity index is 682. The number of likely N-dealkylation sites (N-methyl/N-ethyl adjacent to an activating group) is 1. The summed E-state index contributed by atoms with van der Waals surface area (Å²) in [6, 6.07) is 16.7. The average molecular weight is 325 g/mol. The molecule has 24 heavy (non-hydrogen) atoms. The van der Waals surface area contributed by atoms with Crippen LogP contribution >= 0.6 is 0 Å². The van der Waals surface area contributed by atoms with Crippen molar-refractivity contribution >= 4 is 23.2 Å². The standard InChI is InChI=1S/C19H23N3O2/c1-4-22(17-8-6-5-7-9-17)18(23)14-20-16-12-10-15(11-13-16)19(24)21(2)3/h5-13,20H,4,14H2,1-3H3. The van der Waals surface area contributed by atoms with Gasteiger partial charge in [0, 0.05) is 37.6 Å². The first-order valence-corrected chi connectivity index (χ1v) is 7.94. The van der Waals surface area contributed by atoms with Crippen LogP contribution in [0.15, 0.2) is 54.6 Å². The molecule has 0 unspecified atom stereocenters. The van der Waals surface area contributed by atoms with Crippen molar-refractivity contribution in [2.24, 2.45) is 0 Å². The maximum atomic E-state index is 12.4. The number of carbonyl (C=O) groups excluding carboxylic acids is 2. The number of hydrogen-bond donors (Lipinski definition) is 1. The largest absolute Gasteiger partial charge is 0.376 e. The number of para-hydroxylation sites is 1. The molecule has 2 amide bonds. The molecule has 0 saturated heterocycles. The Kier molecular flexibility index (Phi) is 5.95. The maximum Gasteiger partial charge on any atom is 0.253 e. The zero-order chi connectivity index (χ0) is 17.5. The minimum atomic E-state index is -0.0427. The molecule has 0 aromatic heterocycles. The van der Waals surface area contributed by atoms with Crippen molar-refractivity contribution in [3.05, 3.63) is 60.2 Å². The molecular formula is C19H23N3O2. The second-order valence-corrected chi connectivity index (χ2v) is 5.60. The van der Waals surface area contributed by atoms with Gasteiger partial charge in [0.1, 0.15) is 0 Å². The molecule has 0 atom stereocenters. The molecule has 0 heterocycles. The lowest BCUT2D eigenvalue weighted by molar-refractivity contribution is -0.116. The van der Waals surface area contributed by atoms with E-state index in [1.54, 1.807) is 31.1 Å². The van der Waals surface area contributed by atoms with Crippen molar-refractivity contribution in [2.45, 2.75) is 6.92 Å². The molecule has 0 aliphatic rings. The molecular weight excluding hydrogens is 302 g/mol. The normalized spacial score (nSPS) is 10.1. The van der Waals surface area contributed by atoms with Crippen molar-refractivity contribution in [2.75, 3.05) is 37.4 Å². The van der Waals surface area contributed by atoms with Crippen molar-refractivity contribution in [1.82, 2.24) is 4.90 Å². The third-order valence-corrected chi connectivity index (χ3v) is 3.67. The monoisotopic (exact) mass is 325 g/mol.